The summed E-state index contributed by atoms with van der Waals surface area (Å²) in [5.41, 5.74) is 0. The van der Waals surface area contributed by atoms with Gasteiger partial charge in [-0.2, -0.15) is 26.3 Å². The molecule has 0 bridgehead atoms. The standard InChI is InChI=1S/C7H16F6Si3/c1-16(15-14,4-2-6(8,9)10)5-3-7(11,12)13/h2-5,15H2,1,14H3. The Hall–Kier alpha value is 0.231. The molecule has 0 aromatic heterocycles. The quantitative estimate of drug-likeness (QED) is 0.537. The summed E-state index contributed by atoms with van der Waals surface area (Å²) in [6.07, 6.45) is -10.2. The minimum Gasteiger partial charge on any atom is -0.171 e. The van der Waals surface area contributed by atoms with Gasteiger partial charge in [0.25, 0.3) is 0 Å². The summed E-state index contributed by atoms with van der Waals surface area (Å²) in [6, 6.07) is -0.0232. The van der Waals surface area contributed by atoms with Gasteiger partial charge in [0.1, 0.15) is 0 Å². The van der Waals surface area contributed by atoms with Crippen LogP contribution >= 0.6 is 0 Å². The molecule has 0 rings (SSSR count). The molecule has 0 aliphatic carbocycles. The predicted molar refractivity (Wildman–Crippen MR) is 61.1 cm³/mol. The lowest BCUT2D eigenvalue weighted by Crippen LogP contribution is -2.40. The first-order chi connectivity index (χ1) is 6.97. The van der Waals surface area contributed by atoms with E-state index in [2.05, 4.69) is 0 Å². The van der Waals surface area contributed by atoms with Crippen LogP contribution in [0.25, 0.3) is 0 Å². The Labute approximate surface area is 96.6 Å². The Morgan fingerprint density at radius 3 is 1.44 bits per heavy atom. The molecule has 0 aromatic rings. The van der Waals surface area contributed by atoms with Gasteiger partial charge in [-0.25, -0.2) is 0 Å². The largest absolute Gasteiger partial charge is 0.388 e. The lowest BCUT2D eigenvalue weighted by Gasteiger charge is -2.26. The van der Waals surface area contributed by atoms with Crippen molar-refractivity contribution in [1.82, 2.24) is 0 Å². The second-order valence-electron chi connectivity index (χ2n) is 4.39. The molecule has 0 spiro atoms. The van der Waals surface area contributed by atoms with Gasteiger partial charge < -0.3 is 0 Å². The molecule has 0 aliphatic heterocycles. The Kier molecular flexibility index (Phi) is 5.80. The van der Waals surface area contributed by atoms with E-state index < -0.39 is 41.3 Å². The first-order valence-corrected chi connectivity index (χ1v) is 16.0. The van der Waals surface area contributed by atoms with Crippen molar-refractivity contribution >= 4 is 25.9 Å². The summed E-state index contributed by atoms with van der Waals surface area (Å²) in [6.45, 7) is 1.71. The highest BCUT2D eigenvalue weighted by Gasteiger charge is 2.37. The van der Waals surface area contributed by atoms with Crippen molar-refractivity contribution in [2.24, 2.45) is 0 Å². The molecule has 0 fully saturated rings. The maximum Gasteiger partial charge on any atom is 0.388 e. The molecular weight excluding hydrogens is 282 g/mol. The van der Waals surface area contributed by atoms with Crippen molar-refractivity contribution in [1.29, 1.82) is 0 Å². The minimum absolute atomic E-state index is 0.0116. The van der Waals surface area contributed by atoms with Gasteiger partial charge >= 0.3 is 12.4 Å². The third kappa shape index (κ3) is 8.39. The highest BCUT2D eigenvalue weighted by Crippen LogP contribution is 2.31. The van der Waals surface area contributed by atoms with Gasteiger partial charge in [0.05, 0.1) is 0 Å². The zero-order chi connectivity index (χ0) is 13.0. The van der Waals surface area contributed by atoms with Gasteiger partial charge in [0.15, 0.2) is 0 Å². The molecule has 0 unspecified atom stereocenters. The topological polar surface area (TPSA) is 0 Å². The molecule has 0 aliphatic rings. The van der Waals surface area contributed by atoms with Crippen molar-refractivity contribution in [3.8, 4) is 0 Å². The normalized spacial score (nSPS) is 15.2. The number of rotatable bonds is 5. The lowest BCUT2D eigenvalue weighted by molar-refractivity contribution is -0.131. The van der Waals surface area contributed by atoms with Crippen LogP contribution < -0.4 is 0 Å². The summed E-state index contributed by atoms with van der Waals surface area (Å²) < 4.78 is 72.1. The van der Waals surface area contributed by atoms with Crippen LogP contribution in [0.3, 0.4) is 0 Å². The number of halogens is 6. The fraction of sp³-hybridized carbons (Fsp3) is 1.00. The molecule has 0 atom stereocenters. The van der Waals surface area contributed by atoms with Crippen LogP contribution in [-0.4, -0.2) is 38.3 Å². The van der Waals surface area contributed by atoms with Crippen LogP contribution in [0.15, 0.2) is 0 Å². The van der Waals surface area contributed by atoms with E-state index in [9.17, 15) is 26.3 Å². The molecule has 0 saturated heterocycles. The van der Waals surface area contributed by atoms with E-state index in [1.807, 2.05) is 0 Å². The predicted octanol–water partition coefficient (Wildman–Crippen LogP) is 1.92. The highest BCUT2D eigenvalue weighted by atomic mass is 29.5. The maximum absolute atomic E-state index is 12.0. The van der Waals surface area contributed by atoms with Crippen molar-refractivity contribution in [3.63, 3.8) is 0 Å². The van der Waals surface area contributed by atoms with Gasteiger partial charge in [-0.05, 0) is 9.76 Å². The van der Waals surface area contributed by atoms with E-state index in [1.165, 1.54) is 0 Å². The number of hydrogen-bond donors (Lipinski definition) is 0. The third-order valence-corrected chi connectivity index (χ3v) is 30.1. The Bertz CT molecular complexity index is 193. The summed E-state index contributed by atoms with van der Waals surface area (Å²) in [4.78, 5) is 0. The Morgan fingerprint density at radius 2 is 1.25 bits per heavy atom. The average Bonchev–Trinajstić information content (AvgIpc) is 2.09. The summed E-state index contributed by atoms with van der Waals surface area (Å²) >= 11 is 0. The van der Waals surface area contributed by atoms with Crippen molar-refractivity contribution < 1.29 is 26.3 Å². The van der Waals surface area contributed by atoms with Crippen LogP contribution in [-0.2, 0) is 0 Å². The van der Waals surface area contributed by atoms with Crippen molar-refractivity contribution in [2.45, 2.75) is 43.8 Å². The van der Waals surface area contributed by atoms with Crippen molar-refractivity contribution in [3.05, 3.63) is 0 Å². The molecule has 0 N–H and O–H groups in total. The van der Waals surface area contributed by atoms with Gasteiger partial charge in [-0.15, -0.1) is 0 Å². The van der Waals surface area contributed by atoms with Crippen LogP contribution in [0.2, 0.25) is 18.6 Å². The van der Waals surface area contributed by atoms with Gasteiger partial charge in [-0.3, -0.25) is 0 Å². The second kappa shape index (κ2) is 5.72. The summed E-state index contributed by atoms with van der Waals surface area (Å²) in [5, 5.41) is 0. The molecule has 98 valence electrons. The second-order valence-corrected chi connectivity index (χ2v) is 23.3. The molecule has 0 heterocycles. The third-order valence-electron chi connectivity index (χ3n) is 2.88. The number of alkyl halides is 6. The molecule has 0 saturated carbocycles. The Balaban J connectivity index is 4.21. The van der Waals surface area contributed by atoms with E-state index in [-0.39, 0.29) is 12.1 Å². The highest BCUT2D eigenvalue weighted by molar-refractivity contribution is 7.39. The lowest BCUT2D eigenvalue weighted by atomic mass is 10.5. The first-order valence-electron chi connectivity index (χ1n) is 5.11. The van der Waals surface area contributed by atoms with Crippen LogP contribution in [0.1, 0.15) is 12.8 Å². The fourth-order valence-corrected chi connectivity index (χ4v) is 13.6. The van der Waals surface area contributed by atoms with Gasteiger partial charge in [0.2, 0.25) is 0 Å². The zero-order valence-corrected chi connectivity index (χ0v) is 13.7. The molecule has 9 heteroatoms. The zero-order valence-electron chi connectivity index (χ0n) is 9.30. The van der Waals surface area contributed by atoms with E-state index >= 15 is 0 Å². The molecule has 0 aromatic carbocycles. The van der Waals surface area contributed by atoms with Gasteiger partial charge in [-0.1, -0.05) is 18.6 Å². The molecule has 0 nitrogen and oxygen atoms in total. The van der Waals surface area contributed by atoms with E-state index in [1.54, 1.807) is 6.55 Å². The summed E-state index contributed by atoms with van der Waals surface area (Å²) in [5.74, 6) is 0. The smallest absolute Gasteiger partial charge is 0.171 e. The Morgan fingerprint density at radius 1 is 0.938 bits per heavy atom. The molecular formula is C7H16F6Si3. The van der Waals surface area contributed by atoms with Crippen LogP contribution in [0.4, 0.5) is 26.3 Å². The van der Waals surface area contributed by atoms with Crippen molar-refractivity contribution in [2.75, 3.05) is 0 Å². The van der Waals surface area contributed by atoms with Gasteiger partial charge in [0, 0.05) is 29.0 Å². The molecule has 0 amide bonds. The first kappa shape index (κ1) is 16.2. The number of hydrogen-bond acceptors (Lipinski definition) is 0. The van der Waals surface area contributed by atoms with E-state index in [0.29, 0.717) is 0 Å². The average molecular weight is 298 g/mol. The van der Waals surface area contributed by atoms with Crippen LogP contribution in [0, 0.1) is 0 Å². The minimum atomic E-state index is -4.22. The fourth-order valence-electron chi connectivity index (χ4n) is 1.37. The van der Waals surface area contributed by atoms with Crippen LogP contribution in [0.5, 0.6) is 0 Å². The van der Waals surface area contributed by atoms with E-state index in [0.717, 1.165) is 9.76 Å². The maximum atomic E-state index is 12.0. The monoisotopic (exact) mass is 298 g/mol. The van der Waals surface area contributed by atoms with E-state index in [4.69, 9.17) is 0 Å². The SMILES string of the molecule is C[Si](CCC(F)(F)F)(CCC(F)(F)F)[SiH2][SiH3]. The molecule has 0 radical (unpaired) electrons. The molecule has 16 heavy (non-hydrogen) atoms. The summed E-state index contributed by atoms with van der Waals surface area (Å²) in [7, 11) is -2.00.